The number of benzene rings is 2. The van der Waals surface area contributed by atoms with Gasteiger partial charge in [-0.2, -0.15) is 0 Å². The number of para-hydroxylation sites is 1. The number of fused-ring (bicyclic) bond motifs is 1. The first kappa shape index (κ1) is 11.5. The molecule has 2 aromatic rings. The van der Waals surface area contributed by atoms with Crippen molar-refractivity contribution in [2.24, 2.45) is 0 Å². The van der Waals surface area contributed by atoms with E-state index >= 15 is 0 Å². The molecule has 3 rings (SSSR count). The van der Waals surface area contributed by atoms with E-state index in [1.807, 2.05) is 30.3 Å². The van der Waals surface area contributed by atoms with Gasteiger partial charge >= 0.3 is 0 Å². The van der Waals surface area contributed by atoms with E-state index in [0.717, 1.165) is 27.8 Å². The van der Waals surface area contributed by atoms with Gasteiger partial charge in [0.25, 0.3) is 0 Å². The molecule has 0 aliphatic carbocycles. The maximum atomic E-state index is 5.95. The zero-order valence-electron chi connectivity index (χ0n) is 9.90. The van der Waals surface area contributed by atoms with Gasteiger partial charge in [-0.05, 0) is 34.9 Å². The van der Waals surface area contributed by atoms with Crippen molar-refractivity contribution in [1.29, 1.82) is 0 Å². The molecule has 1 nitrogen and oxygen atoms in total. The van der Waals surface area contributed by atoms with Gasteiger partial charge in [-0.25, -0.2) is 0 Å². The first-order valence-corrected chi connectivity index (χ1v) is 6.72. The third-order valence-corrected chi connectivity index (χ3v) is 3.72. The molecular formula is C16H13BrO. The van der Waals surface area contributed by atoms with Crippen molar-refractivity contribution in [2.75, 3.05) is 0 Å². The van der Waals surface area contributed by atoms with E-state index in [0.29, 0.717) is 0 Å². The van der Waals surface area contributed by atoms with E-state index in [9.17, 15) is 0 Å². The summed E-state index contributed by atoms with van der Waals surface area (Å²) >= 11 is 3.49. The van der Waals surface area contributed by atoms with Crippen molar-refractivity contribution in [3.63, 3.8) is 0 Å². The Balaban J connectivity index is 1.84. The minimum atomic E-state index is 0.0525. The molecule has 0 amide bonds. The quantitative estimate of drug-likeness (QED) is 0.795. The second-order valence-corrected chi connectivity index (χ2v) is 5.37. The van der Waals surface area contributed by atoms with Crippen LogP contribution in [0.2, 0.25) is 0 Å². The van der Waals surface area contributed by atoms with Crippen LogP contribution in [0.1, 0.15) is 11.1 Å². The number of hydrogen-bond acceptors (Lipinski definition) is 1. The molecule has 1 unspecified atom stereocenters. The Hall–Kier alpha value is -1.54. The highest BCUT2D eigenvalue weighted by molar-refractivity contribution is 9.10. The lowest BCUT2D eigenvalue weighted by molar-refractivity contribution is 0.293. The highest BCUT2D eigenvalue weighted by Gasteiger charge is 2.25. The Labute approximate surface area is 115 Å². The molecule has 18 heavy (non-hydrogen) atoms. The van der Waals surface area contributed by atoms with Crippen LogP contribution in [0.15, 0.2) is 59.6 Å². The molecule has 0 fully saturated rings. The molecule has 0 bridgehead atoms. The first-order chi connectivity index (χ1) is 8.74. The van der Waals surface area contributed by atoms with E-state index in [-0.39, 0.29) is 6.10 Å². The monoisotopic (exact) mass is 300 g/mol. The summed E-state index contributed by atoms with van der Waals surface area (Å²) in [6, 6.07) is 16.4. The second kappa shape index (κ2) is 4.62. The minimum absolute atomic E-state index is 0.0525. The molecule has 0 saturated carbocycles. The number of hydrogen-bond donors (Lipinski definition) is 0. The predicted octanol–water partition coefficient (Wildman–Crippen LogP) is 4.47. The van der Waals surface area contributed by atoms with Crippen LogP contribution in [0.4, 0.5) is 0 Å². The van der Waals surface area contributed by atoms with Crippen LogP contribution in [-0.2, 0) is 6.42 Å². The summed E-state index contributed by atoms with van der Waals surface area (Å²) in [7, 11) is 0. The second-order valence-electron chi connectivity index (χ2n) is 4.45. The minimum Gasteiger partial charge on any atom is -0.485 e. The summed E-state index contributed by atoms with van der Waals surface area (Å²) in [5, 5.41) is 0. The van der Waals surface area contributed by atoms with Crippen molar-refractivity contribution in [3.05, 3.63) is 70.7 Å². The highest BCUT2D eigenvalue weighted by Crippen LogP contribution is 2.34. The molecule has 0 N–H and O–H groups in total. The van der Waals surface area contributed by atoms with Crippen molar-refractivity contribution in [1.82, 2.24) is 0 Å². The molecule has 1 heterocycles. The van der Waals surface area contributed by atoms with E-state index in [1.165, 1.54) is 5.56 Å². The fourth-order valence-electron chi connectivity index (χ4n) is 2.25. The van der Waals surface area contributed by atoms with Gasteiger partial charge in [0.05, 0.1) is 0 Å². The van der Waals surface area contributed by atoms with Crippen molar-refractivity contribution < 1.29 is 4.74 Å². The SMILES string of the molecule is C=C(c1cccc(Br)c1)C1Cc2ccccc2O1. The molecule has 1 aliphatic rings. The number of ether oxygens (including phenoxy) is 1. The summed E-state index contributed by atoms with van der Waals surface area (Å²) in [4.78, 5) is 0. The fourth-order valence-corrected chi connectivity index (χ4v) is 2.65. The van der Waals surface area contributed by atoms with E-state index in [1.54, 1.807) is 0 Å². The standard InChI is InChI=1S/C16H13BrO/c1-11(12-6-4-7-14(17)9-12)16-10-13-5-2-3-8-15(13)18-16/h2-9,16H,1,10H2. The largest absolute Gasteiger partial charge is 0.485 e. The van der Waals surface area contributed by atoms with Crippen LogP contribution in [0.25, 0.3) is 5.57 Å². The average molecular weight is 301 g/mol. The van der Waals surface area contributed by atoms with E-state index in [2.05, 4.69) is 40.7 Å². The summed E-state index contributed by atoms with van der Waals surface area (Å²) in [5.41, 5.74) is 3.42. The summed E-state index contributed by atoms with van der Waals surface area (Å²) in [5.74, 6) is 0.985. The zero-order valence-corrected chi connectivity index (χ0v) is 11.5. The third kappa shape index (κ3) is 2.08. The van der Waals surface area contributed by atoms with E-state index in [4.69, 9.17) is 4.74 Å². The molecule has 0 aromatic heterocycles. The number of rotatable bonds is 2. The average Bonchev–Trinajstić information content (AvgIpc) is 2.81. The van der Waals surface area contributed by atoms with Crippen molar-refractivity contribution in [3.8, 4) is 5.75 Å². The smallest absolute Gasteiger partial charge is 0.128 e. The molecule has 1 atom stereocenters. The van der Waals surface area contributed by atoms with E-state index < -0.39 is 0 Å². The molecule has 0 spiro atoms. The topological polar surface area (TPSA) is 9.23 Å². The fraction of sp³-hybridized carbons (Fsp3) is 0.125. The van der Waals surface area contributed by atoms with Gasteiger partial charge in [0.15, 0.2) is 0 Å². The Morgan fingerprint density at radius 1 is 1.17 bits per heavy atom. The van der Waals surface area contributed by atoms with Crippen molar-refractivity contribution >= 4 is 21.5 Å². The molecule has 2 aromatic carbocycles. The van der Waals surface area contributed by atoms with Gasteiger partial charge < -0.3 is 4.74 Å². The summed E-state index contributed by atoms with van der Waals surface area (Å²) in [6.07, 6.45) is 0.957. The molecule has 2 heteroatoms. The lowest BCUT2D eigenvalue weighted by atomic mass is 9.99. The van der Waals surface area contributed by atoms with Crippen LogP contribution in [0.3, 0.4) is 0 Å². The van der Waals surface area contributed by atoms with Crippen LogP contribution in [-0.4, -0.2) is 6.10 Å². The van der Waals surface area contributed by atoms with Crippen LogP contribution in [0.5, 0.6) is 5.75 Å². The summed E-state index contributed by atoms with van der Waals surface area (Å²) in [6.45, 7) is 4.19. The first-order valence-electron chi connectivity index (χ1n) is 5.93. The van der Waals surface area contributed by atoms with Crippen LogP contribution < -0.4 is 4.74 Å². The van der Waals surface area contributed by atoms with Gasteiger partial charge in [0.2, 0.25) is 0 Å². The highest BCUT2D eigenvalue weighted by atomic mass is 79.9. The molecular weight excluding hydrogens is 288 g/mol. The van der Waals surface area contributed by atoms with Gasteiger partial charge in [0, 0.05) is 10.9 Å². The molecule has 0 radical (unpaired) electrons. The summed E-state index contributed by atoms with van der Waals surface area (Å²) < 4.78 is 7.01. The Morgan fingerprint density at radius 2 is 2.00 bits per heavy atom. The maximum Gasteiger partial charge on any atom is 0.128 e. The lowest BCUT2D eigenvalue weighted by Crippen LogP contribution is -2.14. The number of halogens is 1. The Bertz CT molecular complexity index is 579. The van der Waals surface area contributed by atoms with Gasteiger partial charge in [-0.3, -0.25) is 0 Å². The van der Waals surface area contributed by atoms with Crippen LogP contribution >= 0.6 is 15.9 Å². The van der Waals surface area contributed by atoms with Crippen molar-refractivity contribution in [2.45, 2.75) is 12.5 Å². The lowest BCUT2D eigenvalue weighted by Gasteiger charge is -2.14. The third-order valence-electron chi connectivity index (χ3n) is 3.23. The Kier molecular flexibility index (Phi) is 2.96. The normalized spacial score (nSPS) is 17.1. The van der Waals surface area contributed by atoms with Gasteiger partial charge in [-0.1, -0.05) is 52.8 Å². The van der Waals surface area contributed by atoms with Gasteiger partial charge in [-0.15, -0.1) is 0 Å². The maximum absolute atomic E-state index is 5.95. The van der Waals surface area contributed by atoms with Crippen LogP contribution in [0, 0.1) is 0 Å². The predicted molar refractivity (Wildman–Crippen MR) is 77.7 cm³/mol. The van der Waals surface area contributed by atoms with Gasteiger partial charge in [0.1, 0.15) is 11.9 Å². The molecule has 0 saturated heterocycles. The molecule has 1 aliphatic heterocycles. The molecule has 90 valence electrons. The Morgan fingerprint density at radius 3 is 2.78 bits per heavy atom. The zero-order chi connectivity index (χ0) is 12.5.